The van der Waals surface area contributed by atoms with Gasteiger partial charge in [-0.15, -0.1) is 11.3 Å². The number of esters is 1. The third kappa shape index (κ3) is 6.20. The van der Waals surface area contributed by atoms with Crippen LogP contribution in [-0.2, 0) is 22.4 Å². The number of nitrogens with one attached hydrogen (secondary N) is 1. The van der Waals surface area contributed by atoms with E-state index in [2.05, 4.69) is 9.97 Å². The number of aryl methyl sites for hydroxylation is 2. The molecule has 9 nitrogen and oxygen atoms in total. The predicted octanol–water partition coefficient (Wildman–Crippen LogP) is 2.53. The third-order valence-electron chi connectivity index (χ3n) is 5.41. The van der Waals surface area contributed by atoms with Crippen molar-refractivity contribution in [3.63, 3.8) is 0 Å². The Labute approximate surface area is 202 Å². The molecular formula is C24H31N3O6S. The van der Waals surface area contributed by atoms with E-state index in [0.29, 0.717) is 59.1 Å². The van der Waals surface area contributed by atoms with Gasteiger partial charge < -0.3 is 24.3 Å². The number of para-hydroxylation sites is 1. The number of thiophene rings is 1. The molecule has 0 amide bonds. The van der Waals surface area contributed by atoms with Crippen LogP contribution < -0.4 is 10.3 Å². The summed E-state index contributed by atoms with van der Waals surface area (Å²) < 4.78 is 15.8. The Morgan fingerprint density at radius 3 is 2.74 bits per heavy atom. The molecule has 0 aliphatic carbocycles. The number of benzene rings is 1. The molecule has 3 aromatic rings. The average Bonchev–Trinajstić information content (AvgIpc) is 3.20. The van der Waals surface area contributed by atoms with Crippen molar-refractivity contribution in [3.8, 4) is 5.75 Å². The van der Waals surface area contributed by atoms with Gasteiger partial charge in [0.05, 0.1) is 25.6 Å². The maximum atomic E-state index is 12.9. The summed E-state index contributed by atoms with van der Waals surface area (Å²) in [4.78, 5) is 35.3. The molecule has 3 rings (SSSR count). The smallest absolute Gasteiger partial charge is 0.348 e. The second-order valence-corrected chi connectivity index (χ2v) is 8.90. The van der Waals surface area contributed by atoms with E-state index in [9.17, 15) is 14.7 Å². The second kappa shape index (κ2) is 12.1. The van der Waals surface area contributed by atoms with Gasteiger partial charge in [0, 0.05) is 20.2 Å². The van der Waals surface area contributed by atoms with Gasteiger partial charge in [-0.3, -0.25) is 9.69 Å². The van der Waals surface area contributed by atoms with Crippen LogP contribution in [0.15, 0.2) is 29.1 Å². The molecule has 34 heavy (non-hydrogen) atoms. The largest absolute Gasteiger partial charge is 0.491 e. The number of aromatic amines is 1. The zero-order valence-electron chi connectivity index (χ0n) is 19.9. The van der Waals surface area contributed by atoms with Gasteiger partial charge in [-0.1, -0.05) is 25.1 Å². The van der Waals surface area contributed by atoms with Crippen LogP contribution in [0.2, 0.25) is 0 Å². The van der Waals surface area contributed by atoms with Crippen molar-refractivity contribution < 1.29 is 24.1 Å². The number of hydrogen-bond donors (Lipinski definition) is 2. The van der Waals surface area contributed by atoms with Crippen molar-refractivity contribution in [2.24, 2.45) is 0 Å². The summed E-state index contributed by atoms with van der Waals surface area (Å²) in [6.45, 7) is 5.53. The van der Waals surface area contributed by atoms with Crippen molar-refractivity contribution in [2.75, 3.05) is 40.5 Å². The highest BCUT2D eigenvalue weighted by molar-refractivity contribution is 7.20. The monoisotopic (exact) mass is 489 g/mol. The van der Waals surface area contributed by atoms with Crippen LogP contribution in [0.4, 0.5) is 0 Å². The predicted molar refractivity (Wildman–Crippen MR) is 131 cm³/mol. The lowest BCUT2D eigenvalue weighted by molar-refractivity contribution is 0.0531. The summed E-state index contributed by atoms with van der Waals surface area (Å²) in [7, 11) is 2.92. The number of rotatable bonds is 12. The number of fused-ring (bicyclic) bond motifs is 1. The molecule has 10 heteroatoms. The van der Waals surface area contributed by atoms with E-state index in [1.165, 1.54) is 7.11 Å². The molecule has 0 fully saturated rings. The summed E-state index contributed by atoms with van der Waals surface area (Å²) in [6, 6.07) is 7.63. The molecule has 184 valence electrons. The Bertz CT molecular complexity index is 1180. The zero-order chi connectivity index (χ0) is 24.7. The van der Waals surface area contributed by atoms with Crippen molar-refractivity contribution >= 4 is 27.5 Å². The molecule has 2 aromatic heterocycles. The molecular weight excluding hydrogens is 458 g/mol. The van der Waals surface area contributed by atoms with Crippen LogP contribution in [0.5, 0.6) is 5.75 Å². The Kier molecular flexibility index (Phi) is 9.17. The number of nitrogens with zero attached hydrogens (tertiary/aromatic N) is 2. The molecule has 0 saturated heterocycles. The molecule has 2 heterocycles. The van der Waals surface area contributed by atoms with Crippen LogP contribution in [0, 0.1) is 6.92 Å². The van der Waals surface area contributed by atoms with Crippen LogP contribution in [0.1, 0.15) is 33.5 Å². The molecule has 2 N–H and O–H groups in total. The van der Waals surface area contributed by atoms with E-state index in [4.69, 9.17) is 14.2 Å². The minimum Gasteiger partial charge on any atom is -0.491 e. The van der Waals surface area contributed by atoms with Gasteiger partial charge in [-0.2, -0.15) is 0 Å². The van der Waals surface area contributed by atoms with Gasteiger partial charge in [0.25, 0.3) is 5.56 Å². The lowest BCUT2D eigenvalue weighted by atomic mass is 10.1. The van der Waals surface area contributed by atoms with Crippen LogP contribution in [-0.4, -0.2) is 72.6 Å². The minimum atomic E-state index is -0.758. The normalized spacial score (nSPS) is 12.3. The first kappa shape index (κ1) is 25.8. The summed E-state index contributed by atoms with van der Waals surface area (Å²) in [6.07, 6.45) is -0.243. The molecule has 0 aliphatic rings. The first-order valence-electron chi connectivity index (χ1n) is 11.1. The number of hydrogen-bond acceptors (Lipinski definition) is 9. The Balaban J connectivity index is 1.77. The minimum absolute atomic E-state index is 0.130. The van der Waals surface area contributed by atoms with Gasteiger partial charge >= 0.3 is 5.97 Å². The maximum absolute atomic E-state index is 12.9. The van der Waals surface area contributed by atoms with Crippen molar-refractivity contribution in [2.45, 2.75) is 32.9 Å². The first-order valence-corrected chi connectivity index (χ1v) is 11.9. The Morgan fingerprint density at radius 1 is 1.29 bits per heavy atom. The van der Waals surface area contributed by atoms with E-state index in [0.717, 1.165) is 22.6 Å². The number of carbonyl (C=O) groups excluding carboxylic acids is 1. The third-order valence-corrected chi connectivity index (χ3v) is 6.52. The number of ether oxygens (including phenoxy) is 3. The molecule has 1 aromatic carbocycles. The highest BCUT2D eigenvalue weighted by Crippen LogP contribution is 2.29. The molecule has 1 atom stereocenters. The van der Waals surface area contributed by atoms with Gasteiger partial charge in [0.15, 0.2) is 0 Å². The van der Waals surface area contributed by atoms with Crippen LogP contribution in [0.25, 0.3) is 10.2 Å². The lowest BCUT2D eigenvalue weighted by Crippen LogP contribution is -2.38. The van der Waals surface area contributed by atoms with Gasteiger partial charge in [-0.05, 0) is 30.5 Å². The summed E-state index contributed by atoms with van der Waals surface area (Å²) >= 11 is 1.16. The average molecular weight is 490 g/mol. The summed E-state index contributed by atoms with van der Waals surface area (Å²) in [5.41, 5.74) is 1.35. The first-order chi connectivity index (χ1) is 16.4. The summed E-state index contributed by atoms with van der Waals surface area (Å²) in [5.74, 6) is 0.701. The van der Waals surface area contributed by atoms with E-state index in [1.54, 1.807) is 7.11 Å². The van der Waals surface area contributed by atoms with Gasteiger partial charge in [0.1, 0.15) is 34.0 Å². The Hall–Kier alpha value is -2.79. The van der Waals surface area contributed by atoms with Crippen molar-refractivity contribution in [1.82, 2.24) is 14.9 Å². The fraction of sp³-hybridized carbons (Fsp3) is 0.458. The van der Waals surface area contributed by atoms with Crippen molar-refractivity contribution in [3.05, 3.63) is 56.4 Å². The number of aromatic nitrogens is 2. The number of aliphatic hydroxyl groups excluding tert-OH is 1. The van der Waals surface area contributed by atoms with Gasteiger partial charge in [-0.25, -0.2) is 9.78 Å². The maximum Gasteiger partial charge on any atom is 0.348 e. The van der Waals surface area contributed by atoms with E-state index in [-0.39, 0.29) is 12.2 Å². The fourth-order valence-electron chi connectivity index (χ4n) is 3.70. The molecule has 1 unspecified atom stereocenters. The molecule has 0 bridgehead atoms. The number of aliphatic hydroxyl groups is 1. The fourth-order valence-corrected chi connectivity index (χ4v) is 4.90. The number of H-pyrrole nitrogens is 1. The molecule has 0 aliphatic heterocycles. The Morgan fingerprint density at radius 2 is 2.06 bits per heavy atom. The van der Waals surface area contributed by atoms with E-state index < -0.39 is 12.1 Å². The molecule has 0 radical (unpaired) electrons. The van der Waals surface area contributed by atoms with E-state index in [1.807, 2.05) is 43.0 Å². The number of methoxy groups -OCH3 is 2. The van der Waals surface area contributed by atoms with Crippen LogP contribution >= 0.6 is 11.3 Å². The highest BCUT2D eigenvalue weighted by Gasteiger charge is 2.22. The second-order valence-electron chi connectivity index (χ2n) is 7.91. The lowest BCUT2D eigenvalue weighted by Gasteiger charge is -2.24. The topological polar surface area (TPSA) is 114 Å². The highest BCUT2D eigenvalue weighted by atomic mass is 32.1. The summed E-state index contributed by atoms with van der Waals surface area (Å²) in [5, 5.41) is 11.0. The van der Waals surface area contributed by atoms with Crippen molar-refractivity contribution in [1.29, 1.82) is 0 Å². The quantitative estimate of drug-likeness (QED) is 0.373. The zero-order valence-corrected chi connectivity index (χ0v) is 20.7. The van der Waals surface area contributed by atoms with Crippen LogP contribution in [0.3, 0.4) is 0 Å². The molecule has 0 saturated carbocycles. The van der Waals surface area contributed by atoms with E-state index >= 15 is 0 Å². The molecule has 0 spiro atoms. The standard InChI is InChI=1S/C24H31N3O6S/c1-5-17-20-22(29)25-19(26-23(20)34-21(17)24(30)32-4)13-27(10-11-31-3)12-16(28)14-33-18-9-7-6-8-15(18)2/h6-9,16,28H,5,10-14H2,1-4H3,(H,25,26,29). The number of carbonyl (C=O) groups is 1. The SMILES string of the molecule is CCc1c(C(=O)OC)sc2nc(CN(CCOC)CC(O)COc3ccccc3C)[nH]c(=O)c12. The van der Waals surface area contributed by atoms with Gasteiger partial charge in [0.2, 0.25) is 0 Å².